The third-order valence-electron chi connectivity index (χ3n) is 6.13. The molecule has 1 amide bonds. The summed E-state index contributed by atoms with van der Waals surface area (Å²) >= 11 is 0. The molecule has 18 nitrogen and oxygen atoms in total. The fourth-order valence-electron chi connectivity index (χ4n) is 3.53. The molecule has 18 heteroatoms. The van der Waals surface area contributed by atoms with Gasteiger partial charge in [0, 0.05) is 13.2 Å². The van der Waals surface area contributed by atoms with Gasteiger partial charge in [-0.05, 0) is 6.42 Å². The molecule has 0 spiro atoms. The first-order valence-electron chi connectivity index (χ1n) is 18.2. The summed E-state index contributed by atoms with van der Waals surface area (Å²) in [4.78, 5) is 21.7. The highest BCUT2D eigenvalue weighted by molar-refractivity contribution is 5.77. The first kappa shape index (κ1) is 50.4. The zero-order chi connectivity index (χ0) is 37.7. The smallest absolute Gasteiger partial charge is 0.329 e. The maximum Gasteiger partial charge on any atom is 0.329 e. The molecule has 0 aliphatic rings. The monoisotopic (exact) mass is 761 g/mol. The predicted octanol–water partition coefficient (Wildman–Crippen LogP) is 0.220. The number of carboxylic acid groups (broad SMARTS) is 1. The molecule has 0 aliphatic carbocycles. The minimum Gasteiger partial charge on any atom is -0.480 e. The molecule has 0 aromatic carbocycles. The van der Waals surface area contributed by atoms with Crippen LogP contribution in [0.3, 0.4) is 0 Å². The second-order valence-corrected chi connectivity index (χ2v) is 10.6. The summed E-state index contributed by atoms with van der Waals surface area (Å²) in [5, 5.41) is 11.0. The molecule has 0 radical (unpaired) electrons. The molecule has 0 atom stereocenters. The summed E-state index contributed by atoms with van der Waals surface area (Å²) in [6.45, 7) is 14.6. The standard InChI is InChI=1S/C34H67NO17/c1-2-3-5-39-7-9-41-11-13-43-15-17-45-19-21-47-23-25-49-27-29-51-30-28-50-26-24-48-22-20-46-18-16-44-14-12-42-10-8-40-6-4-35-33(36)31-52-32-34(37)38/h2-32H2,1H3,(H,35,36)(H,37,38). The van der Waals surface area contributed by atoms with Crippen LogP contribution < -0.4 is 5.32 Å². The van der Waals surface area contributed by atoms with E-state index in [0.717, 1.165) is 19.4 Å². The van der Waals surface area contributed by atoms with Crippen molar-refractivity contribution in [3.63, 3.8) is 0 Å². The molecule has 0 rings (SSSR count). The fourth-order valence-corrected chi connectivity index (χ4v) is 3.53. The van der Waals surface area contributed by atoms with E-state index in [0.29, 0.717) is 172 Å². The summed E-state index contributed by atoms with van der Waals surface area (Å²) < 4.78 is 75.4. The van der Waals surface area contributed by atoms with Gasteiger partial charge in [0.1, 0.15) is 13.2 Å². The lowest BCUT2D eigenvalue weighted by molar-refractivity contribution is -0.143. The third kappa shape index (κ3) is 46.4. The Labute approximate surface area is 309 Å². The van der Waals surface area contributed by atoms with Crippen molar-refractivity contribution in [2.75, 3.05) is 192 Å². The van der Waals surface area contributed by atoms with Crippen LogP contribution in [0.4, 0.5) is 0 Å². The quantitative estimate of drug-likeness (QED) is 0.0799. The van der Waals surface area contributed by atoms with Crippen molar-refractivity contribution in [3.8, 4) is 0 Å². The van der Waals surface area contributed by atoms with Crippen LogP contribution >= 0.6 is 0 Å². The van der Waals surface area contributed by atoms with Crippen molar-refractivity contribution in [1.29, 1.82) is 0 Å². The predicted molar refractivity (Wildman–Crippen MR) is 187 cm³/mol. The highest BCUT2D eigenvalue weighted by Crippen LogP contribution is 1.89. The number of carbonyl (C=O) groups is 2. The molecule has 310 valence electrons. The van der Waals surface area contributed by atoms with Crippen LogP contribution in [0.1, 0.15) is 19.8 Å². The number of ether oxygens (including phenoxy) is 14. The number of nitrogens with one attached hydrogen (secondary N) is 1. The number of carbonyl (C=O) groups excluding carboxylic acids is 1. The van der Waals surface area contributed by atoms with Crippen LogP contribution in [-0.2, 0) is 75.9 Å². The van der Waals surface area contributed by atoms with Crippen LogP contribution in [0.25, 0.3) is 0 Å². The number of rotatable bonds is 46. The van der Waals surface area contributed by atoms with Gasteiger partial charge in [-0.2, -0.15) is 0 Å². The molecule has 0 heterocycles. The van der Waals surface area contributed by atoms with Gasteiger partial charge in [0.15, 0.2) is 0 Å². The lowest BCUT2D eigenvalue weighted by Gasteiger charge is -2.09. The zero-order valence-electron chi connectivity index (χ0n) is 31.4. The average molecular weight is 762 g/mol. The molecule has 0 fully saturated rings. The van der Waals surface area contributed by atoms with Gasteiger partial charge in [0.2, 0.25) is 5.91 Å². The SMILES string of the molecule is CCCCOCCOCCOCCOCCOCCOCCOCCOCCOCCOCCOCCOCCOCCNC(=O)COCC(=O)O. The van der Waals surface area contributed by atoms with E-state index in [1.165, 1.54) is 0 Å². The van der Waals surface area contributed by atoms with Gasteiger partial charge in [0.25, 0.3) is 0 Å². The molecule has 0 unspecified atom stereocenters. The third-order valence-corrected chi connectivity index (χ3v) is 6.13. The number of hydrogen-bond acceptors (Lipinski definition) is 16. The van der Waals surface area contributed by atoms with Crippen LogP contribution in [-0.4, -0.2) is 209 Å². The normalized spacial score (nSPS) is 11.4. The second kappa shape index (κ2) is 45.5. The lowest BCUT2D eigenvalue weighted by atomic mass is 10.4. The van der Waals surface area contributed by atoms with E-state index in [2.05, 4.69) is 17.0 Å². The van der Waals surface area contributed by atoms with E-state index < -0.39 is 18.5 Å². The zero-order valence-corrected chi connectivity index (χ0v) is 31.4. The number of amides is 1. The van der Waals surface area contributed by atoms with Gasteiger partial charge >= 0.3 is 5.97 Å². The Morgan fingerprint density at radius 2 is 0.615 bits per heavy atom. The molecule has 0 aliphatic heterocycles. The molecule has 52 heavy (non-hydrogen) atoms. The number of carboxylic acids is 1. The molecule has 2 N–H and O–H groups in total. The Morgan fingerprint density at radius 1 is 0.365 bits per heavy atom. The maximum atomic E-state index is 11.4. The van der Waals surface area contributed by atoms with E-state index >= 15 is 0 Å². The van der Waals surface area contributed by atoms with Crippen molar-refractivity contribution in [1.82, 2.24) is 5.32 Å². The first-order valence-corrected chi connectivity index (χ1v) is 18.2. The van der Waals surface area contributed by atoms with Crippen molar-refractivity contribution in [2.45, 2.75) is 19.8 Å². The van der Waals surface area contributed by atoms with E-state index in [1.54, 1.807) is 0 Å². The molecule has 0 aromatic rings. The van der Waals surface area contributed by atoms with E-state index in [-0.39, 0.29) is 6.61 Å². The van der Waals surface area contributed by atoms with Gasteiger partial charge < -0.3 is 76.7 Å². The van der Waals surface area contributed by atoms with Crippen molar-refractivity contribution in [3.05, 3.63) is 0 Å². The fraction of sp³-hybridized carbons (Fsp3) is 0.941. The summed E-state index contributed by atoms with van der Waals surface area (Å²) in [7, 11) is 0. The van der Waals surface area contributed by atoms with Gasteiger partial charge in [0.05, 0.1) is 165 Å². The van der Waals surface area contributed by atoms with E-state index in [1.807, 2.05) is 0 Å². The van der Waals surface area contributed by atoms with Crippen LogP contribution in [0.15, 0.2) is 0 Å². The summed E-state index contributed by atoms with van der Waals surface area (Å²) in [6, 6.07) is 0. The van der Waals surface area contributed by atoms with Crippen LogP contribution in [0.2, 0.25) is 0 Å². The van der Waals surface area contributed by atoms with Crippen LogP contribution in [0, 0.1) is 0 Å². The van der Waals surface area contributed by atoms with Gasteiger partial charge in [-0.25, -0.2) is 4.79 Å². The molecule has 0 bridgehead atoms. The van der Waals surface area contributed by atoms with Gasteiger partial charge in [-0.3, -0.25) is 4.79 Å². The number of hydrogen-bond donors (Lipinski definition) is 2. The molecular formula is C34H67NO17. The Kier molecular flexibility index (Phi) is 44.1. The minimum atomic E-state index is -1.12. The largest absolute Gasteiger partial charge is 0.480 e. The average Bonchev–Trinajstić information content (AvgIpc) is 3.13. The minimum absolute atomic E-state index is 0.299. The maximum absolute atomic E-state index is 11.4. The van der Waals surface area contributed by atoms with E-state index in [9.17, 15) is 9.59 Å². The summed E-state index contributed by atoms with van der Waals surface area (Å²) in [5.74, 6) is -1.52. The number of unbranched alkanes of at least 4 members (excludes halogenated alkanes) is 1. The highest BCUT2D eigenvalue weighted by Gasteiger charge is 2.03. The van der Waals surface area contributed by atoms with Crippen molar-refractivity contribution < 1.29 is 81.0 Å². The molecule has 0 saturated heterocycles. The molecular weight excluding hydrogens is 694 g/mol. The van der Waals surface area contributed by atoms with Gasteiger partial charge in [-0.1, -0.05) is 13.3 Å². The second-order valence-electron chi connectivity index (χ2n) is 10.6. The highest BCUT2D eigenvalue weighted by atomic mass is 16.6. The summed E-state index contributed by atoms with van der Waals surface area (Å²) in [5.41, 5.74) is 0. The molecule has 0 saturated carbocycles. The van der Waals surface area contributed by atoms with E-state index in [4.69, 9.17) is 66.7 Å². The number of aliphatic carboxylic acids is 1. The lowest BCUT2D eigenvalue weighted by Crippen LogP contribution is -2.31. The Balaban J connectivity index is 3.08. The van der Waals surface area contributed by atoms with Crippen molar-refractivity contribution >= 4 is 11.9 Å². The summed E-state index contributed by atoms with van der Waals surface area (Å²) in [6.07, 6.45) is 2.23. The Hall–Kier alpha value is -1.62. The molecule has 0 aromatic heterocycles. The Morgan fingerprint density at radius 3 is 0.865 bits per heavy atom. The van der Waals surface area contributed by atoms with Crippen LogP contribution in [0.5, 0.6) is 0 Å². The topological polar surface area (TPSA) is 196 Å². The Bertz CT molecular complexity index is 725. The first-order chi connectivity index (χ1) is 25.7. The van der Waals surface area contributed by atoms with Gasteiger partial charge in [-0.15, -0.1) is 0 Å². The van der Waals surface area contributed by atoms with Crippen molar-refractivity contribution in [2.24, 2.45) is 0 Å².